The van der Waals surface area contributed by atoms with Gasteiger partial charge in [-0.1, -0.05) is 0 Å². The van der Waals surface area contributed by atoms with Crippen LogP contribution >= 0.6 is 11.6 Å². The van der Waals surface area contributed by atoms with Gasteiger partial charge in [0.15, 0.2) is 0 Å². The van der Waals surface area contributed by atoms with Gasteiger partial charge in [-0.2, -0.15) is 4.98 Å². The van der Waals surface area contributed by atoms with Crippen LogP contribution in [0.25, 0.3) is 11.0 Å². The number of nitrogens with zero attached hydrogens (tertiary/aromatic N) is 3. The van der Waals surface area contributed by atoms with Crippen molar-refractivity contribution in [1.82, 2.24) is 19.9 Å². The zero-order valence-electron chi connectivity index (χ0n) is 11.8. The Balaban J connectivity index is 1.89. The summed E-state index contributed by atoms with van der Waals surface area (Å²) in [5.41, 5.74) is 1.85. The molecular formula is C15H17ClN4O. The van der Waals surface area contributed by atoms with Crippen LogP contribution < -0.4 is 5.32 Å². The number of hydrogen-bond acceptors (Lipinski definition) is 4. The minimum Gasteiger partial charge on any atom is -0.469 e. The molecule has 0 aliphatic carbocycles. The van der Waals surface area contributed by atoms with E-state index < -0.39 is 0 Å². The fourth-order valence-corrected chi connectivity index (χ4v) is 2.58. The van der Waals surface area contributed by atoms with Gasteiger partial charge in [-0.3, -0.25) is 0 Å². The Morgan fingerprint density at radius 3 is 2.95 bits per heavy atom. The Morgan fingerprint density at radius 2 is 2.19 bits per heavy atom. The second-order valence-electron chi connectivity index (χ2n) is 4.87. The van der Waals surface area contributed by atoms with E-state index in [1.807, 2.05) is 25.4 Å². The van der Waals surface area contributed by atoms with Crippen LogP contribution in [0.4, 0.5) is 0 Å². The molecule has 0 spiro atoms. The lowest BCUT2D eigenvalue weighted by atomic mass is 10.1. The van der Waals surface area contributed by atoms with Crippen molar-refractivity contribution in [2.24, 2.45) is 0 Å². The molecule has 6 heteroatoms. The second kappa shape index (κ2) is 6.28. The molecule has 3 aromatic rings. The molecule has 0 saturated carbocycles. The maximum atomic E-state index is 6.07. The van der Waals surface area contributed by atoms with E-state index in [4.69, 9.17) is 16.0 Å². The molecule has 3 rings (SSSR count). The van der Waals surface area contributed by atoms with Crippen LogP contribution in [-0.4, -0.2) is 28.1 Å². The lowest BCUT2D eigenvalue weighted by Crippen LogP contribution is -2.14. The number of furan rings is 1. The molecule has 0 bridgehead atoms. The number of fused-ring (bicyclic) bond motifs is 1. The fourth-order valence-electron chi connectivity index (χ4n) is 2.40. The minimum atomic E-state index is 0.293. The van der Waals surface area contributed by atoms with Crippen molar-refractivity contribution in [3.63, 3.8) is 0 Å². The molecule has 5 nitrogen and oxygen atoms in total. The third-order valence-electron chi connectivity index (χ3n) is 3.46. The molecule has 1 N–H and O–H groups in total. The maximum Gasteiger partial charge on any atom is 0.224 e. The van der Waals surface area contributed by atoms with Crippen molar-refractivity contribution in [3.05, 3.63) is 47.4 Å². The average Bonchev–Trinajstić information content (AvgIpc) is 3.12. The molecular weight excluding hydrogens is 288 g/mol. The normalized spacial score (nSPS) is 11.3. The molecule has 110 valence electrons. The number of rotatable bonds is 6. The molecule has 0 aliphatic heterocycles. The number of nitrogens with one attached hydrogen (secondary N) is 1. The maximum absolute atomic E-state index is 6.07. The van der Waals surface area contributed by atoms with Crippen LogP contribution in [-0.2, 0) is 19.4 Å². The zero-order chi connectivity index (χ0) is 14.7. The smallest absolute Gasteiger partial charge is 0.224 e. The average molecular weight is 305 g/mol. The third-order valence-corrected chi connectivity index (χ3v) is 3.63. The Hall–Kier alpha value is -1.85. The molecule has 0 amide bonds. The molecule has 3 aromatic heterocycles. The van der Waals surface area contributed by atoms with E-state index in [1.54, 1.807) is 6.26 Å². The number of aromatic nitrogens is 3. The topological polar surface area (TPSA) is 55.9 Å². The first-order valence-corrected chi connectivity index (χ1v) is 7.34. The summed E-state index contributed by atoms with van der Waals surface area (Å²) in [6, 6.07) is 5.92. The van der Waals surface area contributed by atoms with E-state index in [0.29, 0.717) is 5.28 Å². The SMILES string of the molecule is CNCCn1ccc2c(CCc3ccco3)nc(Cl)nc21. The zero-order valence-corrected chi connectivity index (χ0v) is 12.6. The third kappa shape index (κ3) is 3.09. The van der Waals surface area contributed by atoms with Gasteiger partial charge in [0.2, 0.25) is 5.28 Å². The molecule has 0 unspecified atom stereocenters. The summed E-state index contributed by atoms with van der Waals surface area (Å²) in [5.74, 6) is 0.951. The van der Waals surface area contributed by atoms with Crippen LogP contribution in [0.15, 0.2) is 35.1 Å². The number of aryl methyl sites for hydroxylation is 2. The van der Waals surface area contributed by atoms with Crippen molar-refractivity contribution in [2.75, 3.05) is 13.6 Å². The molecule has 0 radical (unpaired) electrons. The quantitative estimate of drug-likeness (QED) is 0.711. The monoisotopic (exact) mass is 304 g/mol. The van der Waals surface area contributed by atoms with Crippen molar-refractivity contribution in [2.45, 2.75) is 19.4 Å². The summed E-state index contributed by atoms with van der Waals surface area (Å²) in [7, 11) is 1.93. The van der Waals surface area contributed by atoms with Crippen LogP contribution in [0.2, 0.25) is 5.28 Å². The highest BCUT2D eigenvalue weighted by atomic mass is 35.5. The summed E-state index contributed by atoms with van der Waals surface area (Å²) in [6.07, 6.45) is 5.30. The molecule has 3 heterocycles. The predicted octanol–water partition coefficient (Wildman–Crippen LogP) is 2.68. The van der Waals surface area contributed by atoms with Crippen LogP contribution in [0.1, 0.15) is 11.5 Å². The van der Waals surface area contributed by atoms with Gasteiger partial charge in [0.25, 0.3) is 0 Å². The summed E-state index contributed by atoms with van der Waals surface area (Å²) < 4.78 is 7.46. The Morgan fingerprint density at radius 1 is 1.29 bits per heavy atom. The highest BCUT2D eigenvalue weighted by Gasteiger charge is 2.11. The lowest BCUT2D eigenvalue weighted by molar-refractivity contribution is 0.508. The van der Waals surface area contributed by atoms with Crippen LogP contribution in [0.3, 0.4) is 0 Å². The lowest BCUT2D eigenvalue weighted by Gasteiger charge is -2.06. The predicted molar refractivity (Wildman–Crippen MR) is 82.6 cm³/mol. The van der Waals surface area contributed by atoms with E-state index in [9.17, 15) is 0 Å². The molecule has 0 aliphatic rings. The molecule has 0 saturated heterocycles. The molecule has 21 heavy (non-hydrogen) atoms. The summed E-state index contributed by atoms with van der Waals surface area (Å²) in [5, 5.41) is 4.48. The first-order valence-electron chi connectivity index (χ1n) is 6.96. The summed E-state index contributed by atoms with van der Waals surface area (Å²) in [4.78, 5) is 8.74. The second-order valence-corrected chi connectivity index (χ2v) is 5.21. The Bertz CT molecular complexity index is 721. The Kier molecular flexibility index (Phi) is 4.22. The van der Waals surface area contributed by atoms with Crippen molar-refractivity contribution < 1.29 is 4.42 Å². The van der Waals surface area contributed by atoms with E-state index in [0.717, 1.165) is 48.4 Å². The van der Waals surface area contributed by atoms with Crippen LogP contribution in [0.5, 0.6) is 0 Å². The number of halogens is 1. The van der Waals surface area contributed by atoms with Gasteiger partial charge in [0, 0.05) is 31.1 Å². The Labute approximate surface area is 128 Å². The fraction of sp³-hybridized carbons (Fsp3) is 0.333. The summed E-state index contributed by atoms with van der Waals surface area (Å²) in [6.45, 7) is 1.73. The van der Waals surface area contributed by atoms with Crippen molar-refractivity contribution >= 4 is 22.6 Å². The van der Waals surface area contributed by atoms with Crippen molar-refractivity contribution in [1.29, 1.82) is 0 Å². The first-order chi connectivity index (χ1) is 10.3. The van der Waals surface area contributed by atoms with E-state index >= 15 is 0 Å². The molecule has 0 atom stereocenters. The largest absolute Gasteiger partial charge is 0.469 e. The number of likely N-dealkylation sites (N-methyl/N-ethyl adjacent to an activating group) is 1. The van der Waals surface area contributed by atoms with Crippen LogP contribution in [0, 0.1) is 0 Å². The van der Waals surface area contributed by atoms with Gasteiger partial charge < -0.3 is 14.3 Å². The minimum absolute atomic E-state index is 0.293. The van der Waals surface area contributed by atoms with Gasteiger partial charge in [0.1, 0.15) is 11.4 Å². The van der Waals surface area contributed by atoms with Gasteiger partial charge in [-0.15, -0.1) is 0 Å². The van der Waals surface area contributed by atoms with Gasteiger partial charge >= 0.3 is 0 Å². The van der Waals surface area contributed by atoms with Crippen molar-refractivity contribution in [3.8, 4) is 0 Å². The van der Waals surface area contributed by atoms with Gasteiger partial charge in [-0.25, -0.2) is 4.98 Å². The van der Waals surface area contributed by atoms with E-state index in [1.165, 1.54) is 0 Å². The van der Waals surface area contributed by atoms with Gasteiger partial charge in [-0.05, 0) is 43.3 Å². The summed E-state index contributed by atoms with van der Waals surface area (Å²) >= 11 is 6.07. The highest BCUT2D eigenvalue weighted by Crippen LogP contribution is 2.21. The first kappa shape index (κ1) is 14.1. The standard InChI is InChI=1S/C15H17ClN4O/c1-17-7-9-20-8-6-12-13(18-15(16)19-14(12)20)5-4-11-3-2-10-21-11/h2-3,6,8,10,17H,4-5,7,9H2,1H3. The van der Waals surface area contributed by atoms with E-state index in [-0.39, 0.29) is 0 Å². The number of hydrogen-bond donors (Lipinski definition) is 1. The highest BCUT2D eigenvalue weighted by molar-refractivity contribution is 6.28. The van der Waals surface area contributed by atoms with Gasteiger partial charge in [0.05, 0.1) is 12.0 Å². The van der Waals surface area contributed by atoms with E-state index in [2.05, 4.69) is 25.9 Å². The molecule has 0 fully saturated rings. The molecule has 0 aromatic carbocycles.